The van der Waals surface area contributed by atoms with Gasteiger partial charge >= 0.3 is 6.18 Å². The van der Waals surface area contributed by atoms with Crippen LogP contribution in [-0.4, -0.2) is 4.98 Å². The second-order valence-corrected chi connectivity index (χ2v) is 5.98. The van der Waals surface area contributed by atoms with E-state index in [0.717, 1.165) is 22.8 Å². The molecule has 0 fully saturated rings. The summed E-state index contributed by atoms with van der Waals surface area (Å²) in [6.45, 7) is 1.91. The van der Waals surface area contributed by atoms with Crippen LogP contribution in [0.25, 0.3) is 0 Å². The minimum Gasteiger partial charge on any atom is -0.398 e. The van der Waals surface area contributed by atoms with E-state index in [0.29, 0.717) is 10.6 Å². The van der Waals surface area contributed by atoms with Crippen molar-refractivity contribution in [3.05, 3.63) is 39.8 Å². The Morgan fingerprint density at radius 2 is 2.11 bits per heavy atom. The van der Waals surface area contributed by atoms with E-state index < -0.39 is 11.7 Å². The average molecular weight is 304 g/mol. The zero-order chi connectivity index (χ0) is 14.0. The molecule has 2 aromatic rings. The lowest BCUT2D eigenvalue weighted by Gasteiger charge is -2.10. The summed E-state index contributed by atoms with van der Waals surface area (Å²) < 4.78 is 37.4. The van der Waals surface area contributed by atoms with Gasteiger partial charge in [0.1, 0.15) is 0 Å². The van der Waals surface area contributed by atoms with Gasteiger partial charge < -0.3 is 5.73 Å². The van der Waals surface area contributed by atoms with E-state index in [-0.39, 0.29) is 5.69 Å². The van der Waals surface area contributed by atoms with Crippen molar-refractivity contribution in [3.63, 3.8) is 0 Å². The van der Waals surface area contributed by atoms with Gasteiger partial charge in [0, 0.05) is 21.7 Å². The molecule has 0 aliphatic rings. The third-order valence-electron chi connectivity index (χ3n) is 2.38. The number of rotatable bonds is 3. The highest BCUT2D eigenvalue weighted by molar-refractivity contribution is 7.98. The summed E-state index contributed by atoms with van der Waals surface area (Å²) in [5.74, 6) is 0.597. The zero-order valence-electron chi connectivity index (χ0n) is 9.99. The number of aromatic nitrogens is 1. The molecule has 0 atom stereocenters. The van der Waals surface area contributed by atoms with E-state index >= 15 is 0 Å². The summed E-state index contributed by atoms with van der Waals surface area (Å²) in [6, 6.07) is 3.42. The van der Waals surface area contributed by atoms with Crippen molar-refractivity contribution in [1.82, 2.24) is 4.98 Å². The van der Waals surface area contributed by atoms with E-state index in [1.807, 2.05) is 12.3 Å². The second-order valence-electron chi connectivity index (χ2n) is 3.90. The smallest absolute Gasteiger partial charge is 0.398 e. The van der Waals surface area contributed by atoms with Crippen molar-refractivity contribution in [2.24, 2.45) is 0 Å². The van der Waals surface area contributed by atoms with Crippen LogP contribution in [-0.2, 0) is 11.9 Å². The number of hydrogen-bond acceptors (Lipinski definition) is 4. The van der Waals surface area contributed by atoms with Crippen LogP contribution in [0.3, 0.4) is 0 Å². The second kappa shape index (κ2) is 5.42. The molecule has 7 heteroatoms. The van der Waals surface area contributed by atoms with Gasteiger partial charge in [-0.25, -0.2) is 4.98 Å². The van der Waals surface area contributed by atoms with Crippen LogP contribution in [0.4, 0.5) is 18.9 Å². The molecular formula is C12H11F3N2S2. The fourth-order valence-corrected chi connectivity index (χ4v) is 3.04. The van der Waals surface area contributed by atoms with Crippen LogP contribution < -0.4 is 5.73 Å². The number of halogens is 3. The molecule has 0 saturated carbocycles. The maximum Gasteiger partial charge on any atom is 0.416 e. The molecule has 102 valence electrons. The SMILES string of the molecule is Cc1nc(CSc2ccc(C(F)(F)F)cc2N)cs1. The van der Waals surface area contributed by atoms with Gasteiger partial charge in [0.05, 0.1) is 16.3 Å². The Balaban J connectivity index is 2.09. The summed E-state index contributed by atoms with van der Waals surface area (Å²) in [6.07, 6.45) is -4.36. The van der Waals surface area contributed by atoms with Gasteiger partial charge in [-0.2, -0.15) is 13.2 Å². The Morgan fingerprint density at radius 1 is 1.37 bits per heavy atom. The molecule has 2 N–H and O–H groups in total. The zero-order valence-corrected chi connectivity index (χ0v) is 11.6. The summed E-state index contributed by atoms with van der Waals surface area (Å²) in [7, 11) is 0. The first-order valence-corrected chi connectivity index (χ1v) is 7.23. The van der Waals surface area contributed by atoms with Crippen LogP contribution in [0.15, 0.2) is 28.5 Å². The van der Waals surface area contributed by atoms with Gasteiger partial charge in [0.2, 0.25) is 0 Å². The first kappa shape index (κ1) is 14.2. The van der Waals surface area contributed by atoms with Crippen molar-refractivity contribution < 1.29 is 13.2 Å². The number of hydrogen-bond donors (Lipinski definition) is 1. The third-order valence-corrected chi connectivity index (χ3v) is 4.32. The van der Waals surface area contributed by atoms with E-state index in [1.54, 1.807) is 11.3 Å². The van der Waals surface area contributed by atoms with Crippen molar-refractivity contribution in [2.75, 3.05) is 5.73 Å². The number of thiazole rings is 1. The first-order valence-electron chi connectivity index (χ1n) is 5.37. The van der Waals surface area contributed by atoms with E-state index in [2.05, 4.69) is 4.98 Å². The van der Waals surface area contributed by atoms with E-state index in [1.165, 1.54) is 17.8 Å². The normalized spacial score (nSPS) is 11.8. The van der Waals surface area contributed by atoms with Crippen LogP contribution in [0.5, 0.6) is 0 Å². The average Bonchev–Trinajstić information content (AvgIpc) is 2.72. The maximum absolute atomic E-state index is 12.5. The molecule has 1 aromatic heterocycles. The largest absolute Gasteiger partial charge is 0.416 e. The van der Waals surface area contributed by atoms with Crippen molar-refractivity contribution in [1.29, 1.82) is 0 Å². The van der Waals surface area contributed by atoms with Gasteiger partial charge in [0.15, 0.2) is 0 Å². The summed E-state index contributed by atoms with van der Waals surface area (Å²) in [5.41, 5.74) is 5.98. The van der Waals surface area contributed by atoms with Crippen molar-refractivity contribution in [2.45, 2.75) is 23.7 Å². The molecule has 0 unspecified atom stereocenters. The molecule has 0 saturated heterocycles. The molecule has 0 radical (unpaired) electrons. The number of thioether (sulfide) groups is 1. The minimum absolute atomic E-state index is 0.145. The van der Waals surface area contributed by atoms with Crippen LogP contribution in [0.2, 0.25) is 0 Å². The number of nitrogens with zero attached hydrogens (tertiary/aromatic N) is 1. The van der Waals surface area contributed by atoms with Gasteiger partial charge in [-0.1, -0.05) is 0 Å². The van der Waals surface area contributed by atoms with Crippen molar-refractivity contribution in [3.8, 4) is 0 Å². The lowest BCUT2D eigenvalue weighted by Crippen LogP contribution is -2.05. The molecule has 1 heterocycles. The number of nitrogen functional groups attached to an aromatic ring is 1. The molecule has 0 amide bonds. The molecule has 1 aromatic carbocycles. The summed E-state index contributed by atoms with van der Waals surface area (Å²) in [5, 5.41) is 2.90. The Morgan fingerprint density at radius 3 is 2.63 bits per heavy atom. The van der Waals surface area contributed by atoms with Crippen LogP contribution in [0, 0.1) is 6.92 Å². The number of aryl methyl sites for hydroxylation is 1. The molecule has 0 spiro atoms. The quantitative estimate of drug-likeness (QED) is 0.677. The van der Waals surface area contributed by atoms with Gasteiger partial charge in [-0.15, -0.1) is 23.1 Å². The lowest BCUT2D eigenvalue weighted by molar-refractivity contribution is -0.137. The number of nitrogens with two attached hydrogens (primary N) is 1. The Labute approximate surface area is 116 Å². The Kier molecular flexibility index (Phi) is 4.05. The number of alkyl halides is 3. The molecule has 0 bridgehead atoms. The summed E-state index contributed by atoms with van der Waals surface area (Å²) >= 11 is 2.93. The van der Waals surface area contributed by atoms with Gasteiger partial charge in [-0.3, -0.25) is 0 Å². The van der Waals surface area contributed by atoms with Crippen molar-refractivity contribution >= 4 is 28.8 Å². The monoisotopic (exact) mass is 304 g/mol. The molecular weight excluding hydrogens is 293 g/mol. The molecule has 2 rings (SSSR count). The lowest BCUT2D eigenvalue weighted by atomic mass is 10.2. The number of benzene rings is 1. The fraction of sp³-hybridized carbons (Fsp3) is 0.250. The number of anilines is 1. The molecule has 2 nitrogen and oxygen atoms in total. The van der Waals surface area contributed by atoms with Crippen LogP contribution in [0.1, 0.15) is 16.3 Å². The Bertz CT molecular complexity index is 579. The first-order chi connectivity index (χ1) is 8.86. The summed E-state index contributed by atoms with van der Waals surface area (Å²) in [4.78, 5) is 4.93. The van der Waals surface area contributed by atoms with Gasteiger partial charge in [-0.05, 0) is 25.1 Å². The fourth-order valence-electron chi connectivity index (χ4n) is 1.48. The maximum atomic E-state index is 12.5. The topological polar surface area (TPSA) is 38.9 Å². The highest BCUT2D eigenvalue weighted by Crippen LogP contribution is 2.35. The molecule has 0 aliphatic heterocycles. The highest BCUT2D eigenvalue weighted by atomic mass is 32.2. The molecule has 19 heavy (non-hydrogen) atoms. The van der Waals surface area contributed by atoms with E-state index in [4.69, 9.17) is 5.73 Å². The Hall–Kier alpha value is -1.21. The predicted octanol–water partition coefficient (Wildman–Crippen LogP) is 4.34. The van der Waals surface area contributed by atoms with Crippen LogP contribution >= 0.6 is 23.1 Å². The highest BCUT2D eigenvalue weighted by Gasteiger charge is 2.30. The van der Waals surface area contributed by atoms with Gasteiger partial charge in [0.25, 0.3) is 0 Å². The standard InChI is InChI=1S/C12H11F3N2S2/c1-7-17-9(5-18-7)6-19-11-3-2-8(4-10(11)16)12(13,14)15/h2-5H,6,16H2,1H3. The third kappa shape index (κ3) is 3.63. The predicted molar refractivity (Wildman–Crippen MR) is 72.3 cm³/mol. The minimum atomic E-state index is -4.36. The van der Waals surface area contributed by atoms with E-state index in [9.17, 15) is 13.2 Å². The molecule has 0 aliphatic carbocycles.